The molecule has 10 aromatic carbocycles. The second-order valence-electron chi connectivity index (χ2n) is 17.8. The Hall–Kier alpha value is -7.56. The fraction of sp³-hybridized carbons (Fsp3) is 0.133. The Kier molecular flexibility index (Phi) is 8.64. The molecule has 0 atom stereocenters. The molecule has 310 valence electrons. The Labute approximate surface area is 372 Å². The minimum Gasteiger partial charge on any atom is -0.454 e. The molecule has 0 saturated carbocycles. The van der Waals surface area contributed by atoms with Gasteiger partial charge in [-0.05, 0) is 144 Å². The normalized spacial score (nSPS) is 12.0. The molecule has 0 aliphatic carbocycles. The third-order valence-corrected chi connectivity index (χ3v) is 13.4. The van der Waals surface area contributed by atoms with E-state index < -0.39 is 0 Å². The van der Waals surface area contributed by atoms with Crippen LogP contribution in [0.25, 0.3) is 76.2 Å². The molecule has 0 bridgehead atoms. The van der Waals surface area contributed by atoms with Gasteiger partial charge in [-0.1, -0.05) is 123 Å². The maximum Gasteiger partial charge on any atom is 0.159 e. The molecule has 0 amide bonds. The summed E-state index contributed by atoms with van der Waals surface area (Å²) in [5, 5.41) is 11.8. The molecule has 0 N–H and O–H groups in total. The third-order valence-electron chi connectivity index (χ3n) is 13.4. The molecule has 0 aliphatic heterocycles. The lowest BCUT2D eigenvalue weighted by atomic mass is 9.91. The van der Waals surface area contributed by atoms with E-state index in [1.165, 1.54) is 65.7 Å². The minimum atomic E-state index is 0.889. The van der Waals surface area contributed by atoms with E-state index in [1.807, 2.05) is 0 Å². The second kappa shape index (κ2) is 14.5. The number of hydrogen-bond donors (Lipinski definition) is 0. The van der Waals surface area contributed by atoms with Crippen LogP contribution >= 0.6 is 0 Å². The Morgan fingerprint density at radius 3 is 1.09 bits per heavy atom. The highest BCUT2D eigenvalue weighted by atomic mass is 16.3. The van der Waals surface area contributed by atoms with Crippen LogP contribution in [-0.2, 0) is 12.8 Å². The van der Waals surface area contributed by atoms with E-state index in [0.29, 0.717) is 0 Å². The number of furan rings is 2. The van der Waals surface area contributed by atoms with Gasteiger partial charge in [-0.3, -0.25) is 0 Å². The quantitative estimate of drug-likeness (QED) is 0.143. The van der Waals surface area contributed by atoms with Crippen molar-refractivity contribution in [3.63, 3.8) is 0 Å². The van der Waals surface area contributed by atoms with Gasteiger partial charge in [-0.15, -0.1) is 0 Å². The van der Waals surface area contributed by atoms with Gasteiger partial charge in [0.15, 0.2) is 11.2 Å². The first kappa shape index (κ1) is 38.1. The lowest BCUT2D eigenvalue weighted by Gasteiger charge is -2.30. The molecule has 4 heteroatoms. The summed E-state index contributed by atoms with van der Waals surface area (Å²) in [5.41, 5.74) is 17.4. The maximum atomic E-state index is 6.97. The summed E-state index contributed by atoms with van der Waals surface area (Å²) in [7, 11) is 0. The van der Waals surface area contributed by atoms with Crippen LogP contribution in [0, 0.1) is 27.7 Å². The van der Waals surface area contributed by atoms with E-state index in [-0.39, 0.29) is 0 Å². The first-order chi connectivity index (χ1) is 31.3. The van der Waals surface area contributed by atoms with E-state index in [9.17, 15) is 0 Å². The zero-order chi connectivity index (χ0) is 43.4. The van der Waals surface area contributed by atoms with Crippen molar-refractivity contribution in [2.75, 3.05) is 9.80 Å². The zero-order valence-corrected chi connectivity index (χ0v) is 37.1. The number of para-hydroxylation sites is 4. The van der Waals surface area contributed by atoms with Gasteiger partial charge < -0.3 is 18.6 Å². The average molecular weight is 829 g/mol. The lowest BCUT2D eigenvalue weighted by Crippen LogP contribution is -2.12. The first-order valence-electron chi connectivity index (χ1n) is 22.6. The predicted octanol–water partition coefficient (Wildman–Crippen LogP) is 17.7. The molecular weight excluding hydrogens is 781 g/mol. The van der Waals surface area contributed by atoms with Gasteiger partial charge in [0.25, 0.3) is 0 Å². The summed E-state index contributed by atoms with van der Waals surface area (Å²) >= 11 is 0. The van der Waals surface area contributed by atoms with Gasteiger partial charge in [0.1, 0.15) is 11.2 Å². The Bertz CT molecular complexity index is 3540. The van der Waals surface area contributed by atoms with Crippen LogP contribution < -0.4 is 9.80 Å². The average Bonchev–Trinajstić information content (AvgIpc) is 3.88. The molecule has 0 unspecified atom stereocenters. The Morgan fingerprint density at radius 1 is 0.344 bits per heavy atom. The van der Waals surface area contributed by atoms with Crippen molar-refractivity contribution in [3.8, 4) is 0 Å². The van der Waals surface area contributed by atoms with Crippen molar-refractivity contribution in [2.45, 2.75) is 54.4 Å². The molecule has 2 aromatic heterocycles. The van der Waals surface area contributed by atoms with E-state index in [1.54, 1.807) is 0 Å². The summed E-state index contributed by atoms with van der Waals surface area (Å²) < 4.78 is 13.9. The number of anilines is 6. The van der Waals surface area contributed by atoms with Gasteiger partial charge in [0, 0.05) is 43.7 Å². The fourth-order valence-corrected chi connectivity index (χ4v) is 10.8. The topological polar surface area (TPSA) is 32.8 Å². The molecule has 0 spiro atoms. The molecule has 0 fully saturated rings. The molecule has 0 saturated heterocycles. The number of nitrogens with zero attached hydrogens (tertiary/aromatic N) is 2. The number of benzene rings is 10. The molecule has 12 rings (SSSR count). The van der Waals surface area contributed by atoms with Crippen LogP contribution in [-0.4, -0.2) is 0 Å². The van der Waals surface area contributed by atoms with Crippen molar-refractivity contribution >= 4 is 110 Å². The molecule has 0 aliphatic rings. The smallest absolute Gasteiger partial charge is 0.159 e. The van der Waals surface area contributed by atoms with Gasteiger partial charge in [-0.2, -0.15) is 0 Å². The fourth-order valence-electron chi connectivity index (χ4n) is 10.8. The largest absolute Gasteiger partial charge is 0.454 e. The minimum absolute atomic E-state index is 0.889. The van der Waals surface area contributed by atoms with Crippen LogP contribution in [0.3, 0.4) is 0 Å². The molecule has 2 heterocycles. The lowest BCUT2D eigenvalue weighted by molar-refractivity contribution is 0.663. The van der Waals surface area contributed by atoms with Crippen LogP contribution in [0.1, 0.15) is 47.2 Å². The third kappa shape index (κ3) is 5.75. The van der Waals surface area contributed by atoms with Crippen molar-refractivity contribution < 1.29 is 8.83 Å². The zero-order valence-electron chi connectivity index (χ0n) is 37.1. The maximum absolute atomic E-state index is 6.97. The Morgan fingerprint density at radius 2 is 0.703 bits per heavy atom. The van der Waals surface area contributed by atoms with Crippen LogP contribution in [0.4, 0.5) is 34.1 Å². The molecular formula is C60H48N2O2. The van der Waals surface area contributed by atoms with Crippen molar-refractivity contribution in [1.29, 1.82) is 0 Å². The highest BCUT2D eigenvalue weighted by molar-refractivity contribution is 6.29. The second-order valence-corrected chi connectivity index (χ2v) is 17.8. The number of hydrogen-bond acceptors (Lipinski definition) is 4. The molecule has 64 heavy (non-hydrogen) atoms. The van der Waals surface area contributed by atoms with Crippen LogP contribution in [0.2, 0.25) is 0 Å². The van der Waals surface area contributed by atoms with Crippen molar-refractivity contribution in [3.05, 3.63) is 191 Å². The highest BCUT2D eigenvalue weighted by Crippen LogP contribution is 2.51. The standard InChI is InChI=1S/C60H48N2O2/c1-7-39-13-9-15-45-47-17-11-19-53(59(47)63-57(39)45)61(43-31-35(3)29-36(4)32-43)51-27-23-41-22-26-50-52(28-24-42-21-25-49(51)55(41)56(42)50)62(44-33-37(5)30-38(6)34-44)54-20-12-18-48-46-16-10-14-40(8-2)58(46)64-60(48)54/h9-34H,7-8H2,1-6H3. The molecule has 12 aromatic rings. The number of rotatable bonds is 8. The molecule has 0 radical (unpaired) electrons. The van der Waals surface area contributed by atoms with Gasteiger partial charge in [-0.25, -0.2) is 0 Å². The van der Waals surface area contributed by atoms with E-state index >= 15 is 0 Å². The first-order valence-corrected chi connectivity index (χ1v) is 22.6. The monoisotopic (exact) mass is 828 g/mol. The Balaban J connectivity index is 1.14. The predicted molar refractivity (Wildman–Crippen MR) is 272 cm³/mol. The number of aryl methyl sites for hydroxylation is 6. The molecule has 4 nitrogen and oxygen atoms in total. The van der Waals surface area contributed by atoms with Gasteiger partial charge in [0.05, 0.1) is 22.7 Å². The van der Waals surface area contributed by atoms with Crippen LogP contribution in [0.15, 0.2) is 167 Å². The number of fused-ring (bicyclic) bond motifs is 6. The summed E-state index contributed by atoms with van der Waals surface area (Å²) in [4.78, 5) is 4.86. The van der Waals surface area contributed by atoms with Crippen molar-refractivity contribution in [2.24, 2.45) is 0 Å². The van der Waals surface area contributed by atoms with Gasteiger partial charge in [0.2, 0.25) is 0 Å². The van der Waals surface area contributed by atoms with Gasteiger partial charge >= 0.3 is 0 Å². The van der Waals surface area contributed by atoms with E-state index in [2.05, 4.69) is 209 Å². The summed E-state index contributed by atoms with van der Waals surface area (Å²) in [6.07, 6.45) is 1.80. The van der Waals surface area contributed by atoms with E-state index in [0.717, 1.165) is 90.8 Å². The SMILES string of the molecule is CCc1cccc2c1oc1c(N(c3cc(C)cc(C)c3)c3ccc4ccc5c(N(c6cc(C)cc(C)c6)c6cccc7c6oc6c(CC)cccc67)ccc6ccc3c4c65)cccc12. The highest BCUT2D eigenvalue weighted by Gasteiger charge is 2.26. The van der Waals surface area contributed by atoms with Crippen molar-refractivity contribution in [1.82, 2.24) is 0 Å². The summed E-state index contributed by atoms with van der Waals surface area (Å²) in [5.74, 6) is 0. The summed E-state index contributed by atoms with van der Waals surface area (Å²) in [6, 6.07) is 58.4. The van der Waals surface area contributed by atoms with Crippen LogP contribution in [0.5, 0.6) is 0 Å². The van der Waals surface area contributed by atoms with E-state index in [4.69, 9.17) is 8.83 Å². The summed E-state index contributed by atoms with van der Waals surface area (Å²) in [6.45, 7) is 13.1.